The molecule has 0 bridgehead atoms. The summed E-state index contributed by atoms with van der Waals surface area (Å²) < 4.78 is 0. The van der Waals surface area contributed by atoms with Gasteiger partial charge in [-0.3, -0.25) is 0 Å². The molecule has 1 N–H and O–H groups in total. The maximum atomic E-state index is 3.67. The molecule has 0 rings (SSSR count). The Balaban J connectivity index is 3.75. The summed E-state index contributed by atoms with van der Waals surface area (Å²) in [4.78, 5) is 0. The van der Waals surface area contributed by atoms with E-state index in [0.29, 0.717) is 6.04 Å². The van der Waals surface area contributed by atoms with Gasteiger partial charge in [-0.15, -0.1) is 0 Å². The SMILES string of the molecule is CCCCCCCCC(C(C)C)C(C)NCCC. The Hall–Kier alpha value is -0.0400. The van der Waals surface area contributed by atoms with E-state index in [4.69, 9.17) is 0 Å². The van der Waals surface area contributed by atoms with E-state index in [9.17, 15) is 0 Å². The molecule has 2 atom stereocenters. The van der Waals surface area contributed by atoms with Gasteiger partial charge in [-0.2, -0.15) is 0 Å². The summed E-state index contributed by atoms with van der Waals surface area (Å²) in [6.45, 7) is 12.8. The molecule has 2 unspecified atom stereocenters. The van der Waals surface area contributed by atoms with Crippen LogP contribution in [0, 0.1) is 11.8 Å². The Morgan fingerprint density at radius 2 is 1.39 bits per heavy atom. The Bertz CT molecular complexity index is 165. The number of unbranched alkanes of at least 4 members (excludes halogenated alkanes) is 5. The molecule has 0 heterocycles. The molecule has 1 nitrogen and oxygen atoms in total. The molecule has 0 aromatic heterocycles. The lowest BCUT2D eigenvalue weighted by Gasteiger charge is -2.28. The van der Waals surface area contributed by atoms with Gasteiger partial charge < -0.3 is 5.32 Å². The van der Waals surface area contributed by atoms with Gasteiger partial charge in [-0.25, -0.2) is 0 Å². The van der Waals surface area contributed by atoms with Crippen molar-refractivity contribution in [2.24, 2.45) is 11.8 Å². The largest absolute Gasteiger partial charge is 0.314 e. The lowest BCUT2D eigenvalue weighted by atomic mass is 9.84. The summed E-state index contributed by atoms with van der Waals surface area (Å²) >= 11 is 0. The van der Waals surface area contributed by atoms with Crippen molar-refractivity contribution in [3.05, 3.63) is 0 Å². The van der Waals surface area contributed by atoms with E-state index < -0.39 is 0 Å². The van der Waals surface area contributed by atoms with Crippen LogP contribution in [0.5, 0.6) is 0 Å². The van der Waals surface area contributed by atoms with Gasteiger partial charge in [0.25, 0.3) is 0 Å². The first-order chi connectivity index (χ1) is 8.63. The van der Waals surface area contributed by atoms with Crippen LogP contribution in [0.2, 0.25) is 0 Å². The van der Waals surface area contributed by atoms with Crippen LogP contribution >= 0.6 is 0 Å². The van der Waals surface area contributed by atoms with E-state index in [2.05, 4.69) is 39.9 Å². The summed E-state index contributed by atoms with van der Waals surface area (Å²) in [5, 5.41) is 3.67. The van der Waals surface area contributed by atoms with Crippen LogP contribution in [0.25, 0.3) is 0 Å². The summed E-state index contributed by atoms with van der Waals surface area (Å²) in [6.07, 6.45) is 11.2. The molecular weight excluding hydrogens is 218 g/mol. The highest BCUT2D eigenvalue weighted by Crippen LogP contribution is 2.23. The first kappa shape index (κ1) is 18.0. The van der Waals surface area contributed by atoms with Gasteiger partial charge in [0.15, 0.2) is 0 Å². The molecule has 0 saturated carbocycles. The topological polar surface area (TPSA) is 12.0 Å². The average molecular weight is 255 g/mol. The highest BCUT2D eigenvalue weighted by atomic mass is 14.9. The second-order valence-corrected chi connectivity index (χ2v) is 6.21. The van der Waals surface area contributed by atoms with E-state index in [0.717, 1.165) is 11.8 Å². The predicted octanol–water partition coefficient (Wildman–Crippen LogP) is 5.40. The minimum atomic E-state index is 0.681. The minimum absolute atomic E-state index is 0.681. The quantitative estimate of drug-likeness (QED) is 0.461. The van der Waals surface area contributed by atoms with Gasteiger partial charge in [-0.05, 0) is 38.1 Å². The zero-order valence-electron chi connectivity index (χ0n) is 13.6. The Labute approximate surface area is 116 Å². The lowest BCUT2D eigenvalue weighted by molar-refractivity contribution is 0.265. The zero-order valence-corrected chi connectivity index (χ0v) is 13.6. The second-order valence-electron chi connectivity index (χ2n) is 6.21. The van der Waals surface area contributed by atoms with Crippen LogP contribution in [0.15, 0.2) is 0 Å². The van der Waals surface area contributed by atoms with Gasteiger partial charge in [0.1, 0.15) is 0 Å². The Kier molecular flexibility index (Phi) is 12.0. The van der Waals surface area contributed by atoms with E-state index in [1.165, 1.54) is 57.9 Å². The number of hydrogen-bond donors (Lipinski definition) is 1. The van der Waals surface area contributed by atoms with Crippen LogP contribution in [-0.2, 0) is 0 Å². The van der Waals surface area contributed by atoms with E-state index in [-0.39, 0.29) is 0 Å². The van der Waals surface area contributed by atoms with Crippen LogP contribution in [-0.4, -0.2) is 12.6 Å². The fourth-order valence-electron chi connectivity index (χ4n) is 2.84. The fourth-order valence-corrected chi connectivity index (χ4v) is 2.84. The molecule has 0 aromatic carbocycles. The minimum Gasteiger partial charge on any atom is -0.314 e. The maximum absolute atomic E-state index is 3.67. The maximum Gasteiger partial charge on any atom is 0.00694 e. The standard InChI is InChI=1S/C17H37N/c1-6-8-9-10-11-12-13-17(15(3)4)16(5)18-14-7-2/h15-18H,6-14H2,1-5H3. The average Bonchev–Trinajstić information content (AvgIpc) is 2.34. The van der Waals surface area contributed by atoms with Crippen molar-refractivity contribution in [1.82, 2.24) is 5.32 Å². The highest BCUT2D eigenvalue weighted by Gasteiger charge is 2.19. The monoisotopic (exact) mass is 255 g/mol. The van der Waals surface area contributed by atoms with Gasteiger partial charge in [0.2, 0.25) is 0 Å². The Morgan fingerprint density at radius 3 is 1.94 bits per heavy atom. The molecule has 0 fully saturated rings. The normalized spacial score (nSPS) is 15.0. The lowest BCUT2D eigenvalue weighted by Crippen LogP contribution is -2.36. The van der Waals surface area contributed by atoms with Crippen molar-refractivity contribution >= 4 is 0 Å². The van der Waals surface area contributed by atoms with Crippen LogP contribution < -0.4 is 5.32 Å². The van der Waals surface area contributed by atoms with E-state index in [1.54, 1.807) is 0 Å². The van der Waals surface area contributed by atoms with Crippen molar-refractivity contribution in [1.29, 1.82) is 0 Å². The molecule has 0 amide bonds. The van der Waals surface area contributed by atoms with E-state index >= 15 is 0 Å². The van der Waals surface area contributed by atoms with Gasteiger partial charge in [0, 0.05) is 6.04 Å². The predicted molar refractivity (Wildman–Crippen MR) is 84.1 cm³/mol. The van der Waals surface area contributed by atoms with Crippen LogP contribution in [0.1, 0.15) is 86.0 Å². The van der Waals surface area contributed by atoms with Crippen LogP contribution in [0.3, 0.4) is 0 Å². The molecule has 1 heteroatoms. The Morgan fingerprint density at radius 1 is 0.778 bits per heavy atom. The second kappa shape index (κ2) is 12.0. The zero-order chi connectivity index (χ0) is 13.8. The van der Waals surface area contributed by atoms with Crippen molar-refractivity contribution in [2.45, 2.75) is 92.0 Å². The summed E-state index contributed by atoms with van der Waals surface area (Å²) in [7, 11) is 0. The summed E-state index contributed by atoms with van der Waals surface area (Å²) in [5.41, 5.74) is 0. The first-order valence-corrected chi connectivity index (χ1v) is 8.36. The molecule has 0 aliphatic carbocycles. The molecule has 0 aliphatic heterocycles. The van der Waals surface area contributed by atoms with Gasteiger partial charge in [0.05, 0.1) is 0 Å². The number of rotatable bonds is 12. The third-order valence-electron chi connectivity index (χ3n) is 4.11. The smallest absolute Gasteiger partial charge is 0.00694 e. The molecule has 0 saturated heterocycles. The molecular formula is C17H37N. The van der Waals surface area contributed by atoms with Crippen molar-refractivity contribution in [2.75, 3.05) is 6.54 Å². The molecule has 18 heavy (non-hydrogen) atoms. The molecule has 0 aromatic rings. The summed E-state index contributed by atoms with van der Waals surface area (Å²) in [6, 6.07) is 0.681. The number of hydrogen-bond acceptors (Lipinski definition) is 1. The van der Waals surface area contributed by atoms with Crippen molar-refractivity contribution < 1.29 is 0 Å². The molecule has 110 valence electrons. The summed E-state index contributed by atoms with van der Waals surface area (Å²) in [5.74, 6) is 1.66. The number of nitrogens with one attached hydrogen (secondary N) is 1. The highest BCUT2D eigenvalue weighted by molar-refractivity contribution is 4.75. The van der Waals surface area contributed by atoms with Crippen molar-refractivity contribution in [3.8, 4) is 0 Å². The fraction of sp³-hybridized carbons (Fsp3) is 1.00. The van der Waals surface area contributed by atoms with E-state index in [1.807, 2.05) is 0 Å². The van der Waals surface area contributed by atoms with Crippen molar-refractivity contribution in [3.63, 3.8) is 0 Å². The molecule has 0 spiro atoms. The first-order valence-electron chi connectivity index (χ1n) is 8.36. The molecule has 0 radical (unpaired) electrons. The third kappa shape index (κ3) is 8.97. The molecule has 0 aliphatic rings. The third-order valence-corrected chi connectivity index (χ3v) is 4.11. The van der Waals surface area contributed by atoms with Crippen LogP contribution in [0.4, 0.5) is 0 Å². The van der Waals surface area contributed by atoms with Gasteiger partial charge in [-0.1, -0.05) is 66.2 Å². The van der Waals surface area contributed by atoms with Gasteiger partial charge >= 0.3 is 0 Å².